The van der Waals surface area contributed by atoms with Gasteiger partial charge in [-0.2, -0.15) is 0 Å². The van der Waals surface area contributed by atoms with Crippen LogP contribution in [-0.4, -0.2) is 16.1 Å². The summed E-state index contributed by atoms with van der Waals surface area (Å²) in [6.07, 6.45) is 6.00. The second-order valence-electron chi connectivity index (χ2n) is 4.87. The van der Waals surface area contributed by atoms with Crippen LogP contribution in [0, 0.1) is 11.3 Å². The zero-order valence-electron chi connectivity index (χ0n) is 9.48. The van der Waals surface area contributed by atoms with Crippen molar-refractivity contribution < 1.29 is 9.90 Å². The molecule has 0 saturated heterocycles. The van der Waals surface area contributed by atoms with Gasteiger partial charge in [-0.3, -0.25) is 4.79 Å². The van der Waals surface area contributed by atoms with Gasteiger partial charge in [0.25, 0.3) is 0 Å². The summed E-state index contributed by atoms with van der Waals surface area (Å²) in [5.74, 6) is 0.0263. The maximum atomic E-state index is 11.5. The highest BCUT2D eigenvalue weighted by molar-refractivity contribution is 7.09. The second-order valence-corrected chi connectivity index (χ2v) is 5.85. The Hall–Kier alpha value is -0.900. The van der Waals surface area contributed by atoms with E-state index in [4.69, 9.17) is 0 Å². The van der Waals surface area contributed by atoms with Crippen LogP contribution in [0.15, 0.2) is 11.6 Å². The van der Waals surface area contributed by atoms with Gasteiger partial charge in [-0.25, -0.2) is 4.98 Å². The van der Waals surface area contributed by atoms with Crippen molar-refractivity contribution in [1.29, 1.82) is 0 Å². The average molecular weight is 239 g/mol. The first-order valence-electron chi connectivity index (χ1n) is 5.74. The topological polar surface area (TPSA) is 50.2 Å². The van der Waals surface area contributed by atoms with Gasteiger partial charge in [0.15, 0.2) is 0 Å². The summed E-state index contributed by atoms with van der Waals surface area (Å²) in [5.41, 5.74) is -0.551. The lowest BCUT2D eigenvalue weighted by Gasteiger charge is -2.35. The molecule has 0 radical (unpaired) electrons. The summed E-state index contributed by atoms with van der Waals surface area (Å²) >= 11 is 1.56. The van der Waals surface area contributed by atoms with Gasteiger partial charge in [-0.05, 0) is 31.6 Å². The standard InChI is InChI=1S/C12H17NO2S/c1-9-2-4-12(5-3-9,11(14)15)8-10-13-6-7-16-10/h6-7,9H,2-5,8H2,1H3,(H,14,15). The molecule has 4 heteroatoms. The Labute approximate surface area is 99.5 Å². The third-order valence-electron chi connectivity index (χ3n) is 3.66. The van der Waals surface area contributed by atoms with E-state index in [1.165, 1.54) is 0 Å². The summed E-state index contributed by atoms with van der Waals surface area (Å²) in [5, 5.41) is 12.3. The van der Waals surface area contributed by atoms with E-state index < -0.39 is 11.4 Å². The predicted molar refractivity (Wildman–Crippen MR) is 63.5 cm³/mol. The van der Waals surface area contributed by atoms with Crippen molar-refractivity contribution in [2.45, 2.75) is 39.0 Å². The third kappa shape index (κ3) is 2.26. The summed E-state index contributed by atoms with van der Waals surface area (Å²) < 4.78 is 0. The van der Waals surface area contributed by atoms with Crippen molar-refractivity contribution in [2.75, 3.05) is 0 Å². The molecule has 16 heavy (non-hydrogen) atoms. The van der Waals surface area contributed by atoms with E-state index >= 15 is 0 Å². The molecule has 0 aromatic carbocycles. The Balaban J connectivity index is 2.13. The fraction of sp³-hybridized carbons (Fsp3) is 0.667. The quantitative estimate of drug-likeness (QED) is 0.882. The number of carbonyl (C=O) groups is 1. The smallest absolute Gasteiger partial charge is 0.310 e. The fourth-order valence-electron chi connectivity index (χ4n) is 2.41. The Morgan fingerprint density at radius 3 is 2.81 bits per heavy atom. The molecule has 1 heterocycles. The van der Waals surface area contributed by atoms with E-state index in [1.54, 1.807) is 17.5 Å². The maximum Gasteiger partial charge on any atom is 0.310 e. The molecule has 0 atom stereocenters. The van der Waals surface area contributed by atoms with Crippen molar-refractivity contribution >= 4 is 17.3 Å². The van der Waals surface area contributed by atoms with Crippen LogP contribution in [0.2, 0.25) is 0 Å². The molecule has 0 spiro atoms. The van der Waals surface area contributed by atoms with Crippen LogP contribution >= 0.6 is 11.3 Å². The first kappa shape index (κ1) is 11.6. The average Bonchev–Trinajstić information content (AvgIpc) is 2.74. The molecule has 0 unspecified atom stereocenters. The van der Waals surface area contributed by atoms with Gasteiger partial charge in [0, 0.05) is 18.0 Å². The summed E-state index contributed by atoms with van der Waals surface area (Å²) in [4.78, 5) is 15.7. The van der Waals surface area contributed by atoms with Crippen LogP contribution < -0.4 is 0 Å². The lowest BCUT2D eigenvalue weighted by molar-refractivity contribution is -0.151. The highest BCUT2D eigenvalue weighted by Gasteiger charge is 2.41. The van der Waals surface area contributed by atoms with Gasteiger partial charge in [0.2, 0.25) is 0 Å². The molecular formula is C12H17NO2S. The Kier molecular flexibility index (Phi) is 3.28. The highest BCUT2D eigenvalue weighted by atomic mass is 32.1. The minimum absolute atomic E-state index is 0.551. The lowest BCUT2D eigenvalue weighted by Crippen LogP contribution is -2.37. The molecule has 88 valence electrons. The largest absolute Gasteiger partial charge is 0.481 e. The van der Waals surface area contributed by atoms with Crippen molar-refractivity contribution in [2.24, 2.45) is 11.3 Å². The normalized spacial score (nSPS) is 30.2. The monoisotopic (exact) mass is 239 g/mol. The predicted octanol–water partition coefficient (Wildman–Crippen LogP) is 2.97. The van der Waals surface area contributed by atoms with Crippen molar-refractivity contribution in [3.05, 3.63) is 16.6 Å². The van der Waals surface area contributed by atoms with Gasteiger partial charge in [-0.15, -0.1) is 11.3 Å². The Morgan fingerprint density at radius 2 is 2.31 bits per heavy atom. The zero-order chi connectivity index (χ0) is 11.6. The van der Waals surface area contributed by atoms with Crippen LogP contribution in [0.4, 0.5) is 0 Å². The Bertz CT molecular complexity index is 353. The number of carboxylic acid groups (broad SMARTS) is 1. The molecule has 1 aromatic rings. The van der Waals surface area contributed by atoms with Crippen molar-refractivity contribution in [1.82, 2.24) is 4.98 Å². The van der Waals surface area contributed by atoms with Gasteiger partial charge >= 0.3 is 5.97 Å². The molecule has 1 N–H and O–H groups in total. The van der Waals surface area contributed by atoms with Crippen LogP contribution in [0.5, 0.6) is 0 Å². The number of thiazole rings is 1. The van der Waals surface area contributed by atoms with E-state index in [-0.39, 0.29) is 0 Å². The molecule has 0 bridgehead atoms. The van der Waals surface area contributed by atoms with Crippen LogP contribution in [0.25, 0.3) is 0 Å². The van der Waals surface area contributed by atoms with Gasteiger partial charge in [-0.1, -0.05) is 6.92 Å². The molecule has 1 aliphatic carbocycles. The number of carboxylic acids is 1. The summed E-state index contributed by atoms with van der Waals surface area (Å²) in [6, 6.07) is 0. The SMILES string of the molecule is CC1CCC(Cc2nccs2)(C(=O)O)CC1. The van der Waals surface area contributed by atoms with Crippen LogP contribution in [0.3, 0.4) is 0 Å². The lowest BCUT2D eigenvalue weighted by atomic mass is 9.69. The minimum atomic E-state index is -0.644. The van der Waals surface area contributed by atoms with Crippen LogP contribution in [0.1, 0.15) is 37.6 Å². The van der Waals surface area contributed by atoms with Gasteiger partial charge in [0.1, 0.15) is 0 Å². The molecular weight excluding hydrogens is 222 g/mol. The number of nitrogens with zero attached hydrogens (tertiary/aromatic N) is 1. The summed E-state index contributed by atoms with van der Waals surface area (Å²) in [7, 11) is 0. The maximum absolute atomic E-state index is 11.5. The molecule has 1 fully saturated rings. The van der Waals surface area contributed by atoms with Gasteiger partial charge in [0.05, 0.1) is 10.4 Å². The number of hydrogen-bond acceptors (Lipinski definition) is 3. The molecule has 2 rings (SSSR count). The third-order valence-corrected chi connectivity index (χ3v) is 4.44. The van der Waals surface area contributed by atoms with E-state index in [1.807, 2.05) is 5.38 Å². The highest BCUT2D eigenvalue weighted by Crippen LogP contribution is 2.41. The second kappa shape index (κ2) is 4.53. The van der Waals surface area contributed by atoms with Crippen LogP contribution in [-0.2, 0) is 11.2 Å². The number of aliphatic carboxylic acids is 1. The molecule has 1 aliphatic rings. The summed E-state index contributed by atoms with van der Waals surface area (Å²) in [6.45, 7) is 2.20. The molecule has 0 aliphatic heterocycles. The molecule has 1 aromatic heterocycles. The molecule has 0 amide bonds. The van der Waals surface area contributed by atoms with E-state index in [2.05, 4.69) is 11.9 Å². The van der Waals surface area contributed by atoms with Crippen molar-refractivity contribution in [3.63, 3.8) is 0 Å². The number of aromatic nitrogens is 1. The molecule has 3 nitrogen and oxygen atoms in total. The first-order valence-corrected chi connectivity index (χ1v) is 6.62. The fourth-order valence-corrected chi connectivity index (χ4v) is 3.17. The minimum Gasteiger partial charge on any atom is -0.481 e. The zero-order valence-corrected chi connectivity index (χ0v) is 10.3. The first-order chi connectivity index (χ1) is 7.62. The van der Waals surface area contributed by atoms with E-state index in [0.717, 1.165) is 30.7 Å². The number of rotatable bonds is 3. The number of hydrogen-bond donors (Lipinski definition) is 1. The Morgan fingerprint density at radius 1 is 1.62 bits per heavy atom. The van der Waals surface area contributed by atoms with Crippen molar-refractivity contribution in [3.8, 4) is 0 Å². The van der Waals surface area contributed by atoms with Gasteiger partial charge < -0.3 is 5.11 Å². The molecule has 1 saturated carbocycles. The van der Waals surface area contributed by atoms with E-state index in [9.17, 15) is 9.90 Å². The van der Waals surface area contributed by atoms with E-state index in [0.29, 0.717) is 12.3 Å².